The summed E-state index contributed by atoms with van der Waals surface area (Å²) in [4.78, 5) is 12.8. The molecule has 1 saturated carbocycles. The molecule has 1 saturated heterocycles. The maximum absolute atomic E-state index is 13.5. The summed E-state index contributed by atoms with van der Waals surface area (Å²) in [6.45, 7) is 6.84. The number of ether oxygens (including phenoxy) is 1. The second-order valence-corrected chi connectivity index (χ2v) is 18.7. The fraction of sp³-hybridized carbons (Fsp3) is 0.519. The molecule has 2 aliphatic rings. The van der Waals surface area contributed by atoms with Crippen LogP contribution in [-0.4, -0.2) is 45.8 Å². The summed E-state index contributed by atoms with van der Waals surface area (Å²) in [6.07, 6.45) is 5.34. The Hall–Kier alpha value is -2.36. The van der Waals surface area contributed by atoms with Crippen molar-refractivity contribution >= 4 is 29.9 Å². The number of rotatable bonds is 9. The Morgan fingerprint density at radius 1 is 1.03 bits per heavy atom. The van der Waals surface area contributed by atoms with Gasteiger partial charge in [-0.25, -0.2) is 8.61 Å². The Kier molecular flexibility index (Phi) is 8.11. The summed E-state index contributed by atoms with van der Waals surface area (Å²) < 4.78 is 35.4. The van der Waals surface area contributed by atoms with E-state index in [0.717, 1.165) is 40.7 Å². The summed E-state index contributed by atoms with van der Waals surface area (Å²) in [7, 11) is -5.49. The summed E-state index contributed by atoms with van der Waals surface area (Å²) >= 11 is 0. The van der Waals surface area contributed by atoms with E-state index in [1.807, 2.05) is 42.5 Å². The van der Waals surface area contributed by atoms with Gasteiger partial charge >= 0.3 is 10.2 Å². The summed E-state index contributed by atoms with van der Waals surface area (Å²) in [6, 6.07) is 16.4. The van der Waals surface area contributed by atoms with Crippen LogP contribution in [0.3, 0.4) is 0 Å². The van der Waals surface area contributed by atoms with Crippen LogP contribution in [0.2, 0.25) is 25.7 Å². The molecule has 0 aromatic heterocycles. The molecule has 2 aromatic carbocycles. The number of carbonyl (C=O) groups is 1. The van der Waals surface area contributed by atoms with Gasteiger partial charge in [-0.15, -0.1) is 0 Å². The molecule has 1 amide bonds. The fourth-order valence-electron chi connectivity index (χ4n) is 4.95. The first kappa shape index (κ1) is 26.7. The van der Waals surface area contributed by atoms with Gasteiger partial charge in [0.05, 0.1) is 5.69 Å². The van der Waals surface area contributed by atoms with Crippen molar-refractivity contribution in [1.29, 1.82) is 0 Å². The number of nitrogens with zero attached hydrogens (tertiary/aromatic N) is 2. The fourth-order valence-corrected chi connectivity index (χ4v) is 7.56. The standard InChI is InChI=1S/C27H39N3O4SSi/c1-36(2,3)16-15-29-27(31)19-30(35(29,32)33)25-14-13-22(17-23-11-7-8-12-24(23)28)18-26(25)34-20-21-9-5-4-6-10-21/h4-6,9-10,13-14,18,23-24H,7-8,11-12,15-17,19-20,28H2,1-3H3/t23?,24-/m1/s1. The van der Waals surface area contributed by atoms with E-state index in [-0.39, 0.29) is 25.0 Å². The Bertz CT molecular complexity index is 1170. The number of nitrogens with two attached hydrogens (primary N) is 1. The second-order valence-electron chi connectivity index (χ2n) is 11.3. The third-order valence-corrected chi connectivity index (χ3v) is 10.7. The number of anilines is 1. The normalized spacial score (nSPS) is 22.2. The van der Waals surface area contributed by atoms with Crippen LogP contribution in [0, 0.1) is 5.92 Å². The maximum Gasteiger partial charge on any atom is 0.329 e. The molecule has 36 heavy (non-hydrogen) atoms. The molecule has 1 unspecified atom stereocenters. The molecule has 4 rings (SSSR count). The van der Waals surface area contributed by atoms with E-state index >= 15 is 0 Å². The van der Waals surface area contributed by atoms with Crippen LogP contribution < -0.4 is 14.8 Å². The van der Waals surface area contributed by atoms with E-state index in [9.17, 15) is 13.2 Å². The van der Waals surface area contributed by atoms with Crippen molar-refractivity contribution in [1.82, 2.24) is 4.31 Å². The molecule has 0 spiro atoms. The van der Waals surface area contributed by atoms with Gasteiger partial charge in [0.2, 0.25) is 0 Å². The molecule has 0 radical (unpaired) electrons. The van der Waals surface area contributed by atoms with E-state index in [1.54, 1.807) is 6.07 Å². The smallest absolute Gasteiger partial charge is 0.329 e. The Morgan fingerprint density at radius 2 is 1.75 bits per heavy atom. The highest BCUT2D eigenvalue weighted by Gasteiger charge is 2.44. The van der Waals surface area contributed by atoms with Gasteiger partial charge in [0.1, 0.15) is 18.9 Å². The van der Waals surface area contributed by atoms with Crippen LogP contribution >= 0.6 is 0 Å². The summed E-state index contributed by atoms with van der Waals surface area (Å²) in [5, 5.41) is 0. The van der Waals surface area contributed by atoms with Crippen molar-refractivity contribution in [3.8, 4) is 5.75 Å². The van der Waals surface area contributed by atoms with Crippen molar-refractivity contribution in [3.63, 3.8) is 0 Å². The average Bonchev–Trinajstić information content (AvgIpc) is 3.05. The van der Waals surface area contributed by atoms with Gasteiger partial charge in [-0.1, -0.05) is 68.9 Å². The molecule has 1 heterocycles. The quantitative estimate of drug-likeness (QED) is 0.481. The first-order chi connectivity index (χ1) is 17.0. The predicted octanol–water partition coefficient (Wildman–Crippen LogP) is 4.56. The Labute approximate surface area is 216 Å². The molecule has 1 aliphatic carbocycles. The molecule has 2 N–H and O–H groups in total. The molecular formula is C27H39N3O4SSi. The van der Waals surface area contributed by atoms with Crippen molar-refractivity contribution in [2.45, 2.75) is 70.4 Å². The predicted molar refractivity (Wildman–Crippen MR) is 147 cm³/mol. The van der Waals surface area contributed by atoms with Crippen molar-refractivity contribution in [2.24, 2.45) is 11.7 Å². The SMILES string of the molecule is C[Si](C)(C)CCN1C(=O)CN(c2ccc(CC3CCCC[C@H]3N)cc2OCc2ccccc2)S1(=O)=O. The highest BCUT2D eigenvalue weighted by Crippen LogP contribution is 2.37. The largest absolute Gasteiger partial charge is 0.487 e. The number of carbonyl (C=O) groups excluding carboxylic acids is 1. The van der Waals surface area contributed by atoms with E-state index in [4.69, 9.17) is 10.5 Å². The monoisotopic (exact) mass is 529 g/mol. The van der Waals surface area contributed by atoms with Crippen molar-refractivity contribution in [3.05, 3.63) is 59.7 Å². The van der Waals surface area contributed by atoms with E-state index in [2.05, 4.69) is 19.6 Å². The number of hydrogen-bond acceptors (Lipinski definition) is 5. The summed E-state index contributed by atoms with van der Waals surface area (Å²) in [5.74, 6) is 0.490. The lowest BCUT2D eigenvalue weighted by Crippen LogP contribution is -2.37. The van der Waals surface area contributed by atoms with Gasteiger partial charge in [-0.05, 0) is 54.5 Å². The van der Waals surface area contributed by atoms with Crippen LogP contribution in [0.1, 0.15) is 36.8 Å². The van der Waals surface area contributed by atoms with Crippen LogP contribution in [0.4, 0.5) is 5.69 Å². The molecular weight excluding hydrogens is 490 g/mol. The highest BCUT2D eigenvalue weighted by atomic mass is 32.2. The van der Waals surface area contributed by atoms with Crippen LogP contribution in [-0.2, 0) is 28.0 Å². The van der Waals surface area contributed by atoms with Gasteiger partial charge in [-0.3, -0.25) is 4.79 Å². The Balaban J connectivity index is 1.62. The van der Waals surface area contributed by atoms with Gasteiger partial charge in [-0.2, -0.15) is 8.42 Å². The molecule has 2 aromatic rings. The third kappa shape index (κ3) is 6.30. The van der Waals surface area contributed by atoms with Gasteiger partial charge in [0.25, 0.3) is 5.91 Å². The van der Waals surface area contributed by atoms with E-state index < -0.39 is 18.3 Å². The number of hydrogen-bond donors (Lipinski definition) is 1. The first-order valence-corrected chi connectivity index (χ1v) is 18.0. The van der Waals surface area contributed by atoms with Crippen LogP contribution in [0.5, 0.6) is 5.75 Å². The molecule has 0 bridgehead atoms. The van der Waals surface area contributed by atoms with E-state index in [1.165, 1.54) is 17.1 Å². The highest BCUT2D eigenvalue weighted by molar-refractivity contribution is 7.91. The molecule has 2 fully saturated rings. The minimum absolute atomic E-state index is 0.184. The lowest BCUT2D eigenvalue weighted by molar-refractivity contribution is -0.123. The maximum atomic E-state index is 13.5. The first-order valence-electron chi connectivity index (χ1n) is 12.9. The molecule has 1 aliphatic heterocycles. The zero-order chi connectivity index (χ0) is 25.9. The average molecular weight is 530 g/mol. The minimum Gasteiger partial charge on any atom is -0.487 e. The van der Waals surface area contributed by atoms with Crippen molar-refractivity contribution in [2.75, 3.05) is 17.4 Å². The topological polar surface area (TPSA) is 92.9 Å². The zero-order valence-electron chi connectivity index (χ0n) is 21.7. The van der Waals surface area contributed by atoms with E-state index in [0.29, 0.717) is 24.0 Å². The number of benzene rings is 2. The molecule has 2 atom stereocenters. The van der Waals surface area contributed by atoms with Crippen molar-refractivity contribution < 1.29 is 17.9 Å². The molecule has 9 heteroatoms. The zero-order valence-corrected chi connectivity index (χ0v) is 23.5. The second kappa shape index (κ2) is 10.9. The number of amides is 1. The van der Waals surface area contributed by atoms with Crippen LogP contribution in [0.25, 0.3) is 0 Å². The molecule has 7 nitrogen and oxygen atoms in total. The van der Waals surface area contributed by atoms with Gasteiger partial charge in [0.15, 0.2) is 0 Å². The van der Waals surface area contributed by atoms with Crippen LogP contribution in [0.15, 0.2) is 48.5 Å². The summed E-state index contributed by atoms with van der Waals surface area (Å²) in [5.41, 5.74) is 8.86. The van der Waals surface area contributed by atoms with Gasteiger partial charge < -0.3 is 10.5 Å². The Morgan fingerprint density at radius 3 is 2.44 bits per heavy atom. The molecule has 196 valence electrons. The minimum atomic E-state index is -3.97. The third-order valence-electron chi connectivity index (χ3n) is 7.17. The van der Waals surface area contributed by atoms with Gasteiger partial charge in [0, 0.05) is 20.7 Å². The lowest BCUT2D eigenvalue weighted by atomic mass is 9.81. The lowest BCUT2D eigenvalue weighted by Gasteiger charge is -2.29.